The number of nitrogens with one attached hydrogen (secondary N) is 1. The highest BCUT2D eigenvalue weighted by molar-refractivity contribution is 5.75. The molecule has 0 aliphatic carbocycles. The van der Waals surface area contributed by atoms with Crippen molar-refractivity contribution in [2.45, 2.75) is 46.7 Å². The first kappa shape index (κ1) is 14.1. The molecule has 19 heavy (non-hydrogen) atoms. The van der Waals surface area contributed by atoms with Gasteiger partial charge in [0.1, 0.15) is 5.82 Å². The van der Waals surface area contributed by atoms with Crippen molar-refractivity contribution in [1.29, 1.82) is 0 Å². The van der Waals surface area contributed by atoms with Crippen LogP contribution in [0, 0.1) is 5.92 Å². The molecule has 1 aromatic carbocycles. The number of rotatable bonds is 6. The molecule has 1 aromatic heterocycles. The second-order valence-electron chi connectivity index (χ2n) is 5.51. The van der Waals surface area contributed by atoms with Gasteiger partial charge in [-0.3, -0.25) is 0 Å². The van der Waals surface area contributed by atoms with Gasteiger partial charge in [-0.05, 0) is 25.0 Å². The third-order valence-corrected chi connectivity index (χ3v) is 3.85. The summed E-state index contributed by atoms with van der Waals surface area (Å²) in [4.78, 5) is 4.70. The first-order valence-corrected chi connectivity index (χ1v) is 7.31. The van der Waals surface area contributed by atoms with Crippen LogP contribution < -0.4 is 5.32 Å². The van der Waals surface area contributed by atoms with Crippen LogP contribution in [0.4, 0.5) is 0 Å². The second-order valence-corrected chi connectivity index (χ2v) is 5.51. The number of benzene rings is 1. The van der Waals surface area contributed by atoms with Gasteiger partial charge in [0, 0.05) is 25.6 Å². The van der Waals surface area contributed by atoms with E-state index in [9.17, 15) is 0 Å². The molecule has 2 aromatic rings. The van der Waals surface area contributed by atoms with Crippen LogP contribution >= 0.6 is 0 Å². The van der Waals surface area contributed by atoms with Gasteiger partial charge in [-0.2, -0.15) is 0 Å². The lowest BCUT2D eigenvalue weighted by Gasteiger charge is -2.18. The molecule has 0 aliphatic rings. The lowest BCUT2D eigenvalue weighted by molar-refractivity contribution is 0.416. The first-order valence-electron chi connectivity index (χ1n) is 7.31. The molecule has 0 saturated carbocycles. The third kappa shape index (κ3) is 3.16. The number of aryl methyl sites for hydroxylation is 1. The van der Waals surface area contributed by atoms with Crippen molar-refractivity contribution < 1.29 is 0 Å². The SMILES string of the molecule is CCc1nc2ccccc2n1CCNC(C)C(C)C. The normalized spacial score (nSPS) is 13.3. The third-order valence-electron chi connectivity index (χ3n) is 3.85. The summed E-state index contributed by atoms with van der Waals surface area (Å²) in [6.45, 7) is 10.9. The highest BCUT2D eigenvalue weighted by Crippen LogP contribution is 2.16. The van der Waals surface area contributed by atoms with E-state index in [4.69, 9.17) is 4.98 Å². The van der Waals surface area contributed by atoms with Gasteiger partial charge in [0.25, 0.3) is 0 Å². The Kier molecular flexibility index (Phi) is 4.59. The van der Waals surface area contributed by atoms with Crippen LogP contribution in [0.2, 0.25) is 0 Å². The van der Waals surface area contributed by atoms with Crippen LogP contribution in [0.5, 0.6) is 0 Å². The summed E-state index contributed by atoms with van der Waals surface area (Å²) in [6.07, 6.45) is 0.981. The van der Waals surface area contributed by atoms with Crippen molar-refractivity contribution in [2.24, 2.45) is 5.92 Å². The zero-order valence-corrected chi connectivity index (χ0v) is 12.5. The molecule has 0 aliphatic heterocycles. The number of aromatic nitrogens is 2. The van der Waals surface area contributed by atoms with Crippen molar-refractivity contribution in [2.75, 3.05) is 6.54 Å². The zero-order chi connectivity index (χ0) is 13.8. The van der Waals surface area contributed by atoms with Crippen molar-refractivity contribution in [3.8, 4) is 0 Å². The predicted octanol–water partition coefficient (Wildman–Crippen LogP) is 3.23. The van der Waals surface area contributed by atoms with E-state index in [0.29, 0.717) is 12.0 Å². The maximum Gasteiger partial charge on any atom is 0.109 e. The van der Waals surface area contributed by atoms with E-state index in [1.54, 1.807) is 0 Å². The minimum atomic E-state index is 0.555. The lowest BCUT2D eigenvalue weighted by atomic mass is 10.1. The Morgan fingerprint density at radius 1 is 1.21 bits per heavy atom. The molecule has 2 rings (SSSR count). The predicted molar refractivity (Wildman–Crippen MR) is 81.4 cm³/mol. The summed E-state index contributed by atoms with van der Waals surface area (Å²) in [5, 5.41) is 3.59. The van der Waals surface area contributed by atoms with E-state index in [0.717, 1.165) is 25.0 Å². The molecule has 0 amide bonds. The van der Waals surface area contributed by atoms with Crippen LogP contribution in [0.25, 0.3) is 11.0 Å². The molecule has 1 atom stereocenters. The number of fused-ring (bicyclic) bond motifs is 1. The van der Waals surface area contributed by atoms with Crippen molar-refractivity contribution >= 4 is 11.0 Å². The average molecular weight is 259 g/mol. The topological polar surface area (TPSA) is 29.9 Å². The molecule has 104 valence electrons. The van der Waals surface area contributed by atoms with E-state index in [2.05, 4.69) is 61.8 Å². The van der Waals surface area contributed by atoms with E-state index < -0.39 is 0 Å². The zero-order valence-electron chi connectivity index (χ0n) is 12.5. The lowest BCUT2D eigenvalue weighted by Crippen LogP contribution is -2.33. The van der Waals surface area contributed by atoms with Gasteiger partial charge in [0.05, 0.1) is 11.0 Å². The van der Waals surface area contributed by atoms with E-state index >= 15 is 0 Å². The molecule has 1 heterocycles. The van der Waals surface area contributed by atoms with E-state index in [1.165, 1.54) is 11.3 Å². The molecule has 0 fully saturated rings. The van der Waals surface area contributed by atoms with Crippen molar-refractivity contribution in [3.05, 3.63) is 30.1 Å². The van der Waals surface area contributed by atoms with Crippen molar-refractivity contribution in [1.82, 2.24) is 14.9 Å². The van der Waals surface area contributed by atoms with E-state index in [-0.39, 0.29) is 0 Å². The fourth-order valence-corrected chi connectivity index (χ4v) is 2.28. The van der Waals surface area contributed by atoms with Gasteiger partial charge < -0.3 is 9.88 Å². The van der Waals surface area contributed by atoms with Gasteiger partial charge in [0.2, 0.25) is 0 Å². The van der Waals surface area contributed by atoms with Gasteiger partial charge in [0.15, 0.2) is 0 Å². The fourth-order valence-electron chi connectivity index (χ4n) is 2.28. The Hall–Kier alpha value is -1.35. The molecule has 0 spiro atoms. The standard InChI is InChI=1S/C16H25N3/c1-5-16-18-14-8-6-7-9-15(14)19(16)11-10-17-13(4)12(2)3/h6-9,12-13,17H,5,10-11H2,1-4H3. The van der Waals surface area contributed by atoms with Crippen LogP contribution in [-0.4, -0.2) is 22.1 Å². The fraction of sp³-hybridized carbons (Fsp3) is 0.562. The first-order chi connectivity index (χ1) is 9.13. The summed E-state index contributed by atoms with van der Waals surface area (Å²) in [6, 6.07) is 8.95. The summed E-state index contributed by atoms with van der Waals surface area (Å²) < 4.78 is 2.34. The second kappa shape index (κ2) is 6.20. The Balaban J connectivity index is 2.11. The van der Waals surface area contributed by atoms with Crippen LogP contribution in [0.3, 0.4) is 0 Å². The molecule has 1 N–H and O–H groups in total. The van der Waals surface area contributed by atoms with Crippen molar-refractivity contribution in [3.63, 3.8) is 0 Å². The van der Waals surface area contributed by atoms with Gasteiger partial charge in [-0.15, -0.1) is 0 Å². The number of hydrogen-bond acceptors (Lipinski definition) is 2. The van der Waals surface area contributed by atoms with Gasteiger partial charge in [-0.25, -0.2) is 4.98 Å². The Morgan fingerprint density at radius 3 is 2.63 bits per heavy atom. The molecule has 3 heteroatoms. The number of nitrogens with zero attached hydrogens (tertiary/aromatic N) is 2. The molecule has 3 nitrogen and oxygen atoms in total. The molecular weight excluding hydrogens is 234 g/mol. The average Bonchev–Trinajstić information content (AvgIpc) is 2.76. The molecule has 0 radical (unpaired) electrons. The molecular formula is C16H25N3. The monoisotopic (exact) mass is 259 g/mol. The largest absolute Gasteiger partial charge is 0.327 e. The van der Waals surface area contributed by atoms with E-state index in [1.807, 2.05) is 0 Å². The van der Waals surface area contributed by atoms with Gasteiger partial charge in [-0.1, -0.05) is 32.9 Å². The highest BCUT2D eigenvalue weighted by Gasteiger charge is 2.09. The number of imidazole rings is 1. The summed E-state index contributed by atoms with van der Waals surface area (Å²) in [7, 11) is 0. The maximum atomic E-state index is 4.70. The molecule has 1 unspecified atom stereocenters. The summed E-state index contributed by atoms with van der Waals surface area (Å²) in [5.74, 6) is 1.85. The molecule has 0 bridgehead atoms. The number of para-hydroxylation sites is 2. The highest BCUT2D eigenvalue weighted by atomic mass is 15.1. The Morgan fingerprint density at radius 2 is 1.95 bits per heavy atom. The van der Waals surface area contributed by atoms with Crippen LogP contribution in [-0.2, 0) is 13.0 Å². The van der Waals surface area contributed by atoms with Crippen LogP contribution in [0.15, 0.2) is 24.3 Å². The van der Waals surface area contributed by atoms with Gasteiger partial charge >= 0.3 is 0 Å². The minimum absolute atomic E-state index is 0.555. The summed E-state index contributed by atoms with van der Waals surface area (Å²) in [5.41, 5.74) is 2.36. The minimum Gasteiger partial charge on any atom is -0.327 e. The summed E-state index contributed by atoms with van der Waals surface area (Å²) >= 11 is 0. The Bertz CT molecular complexity index is 528. The van der Waals surface area contributed by atoms with Crippen LogP contribution in [0.1, 0.15) is 33.5 Å². The Labute approximate surface area is 116 Å². The number of hydrogen-bond donors (Lipinski definition) is 1. The smallest absolute Gasteiger partial charge is 0.109 e. The molecule has 0 saturated heterocycles. The maximum absolute atomic E-state index is 4.70. The quantitative estimate of drug-likeness (QED) is 0.863.